The van der Waals surface area contributed by atoms with Crippen LogP contribution < -0.4 is 4.90 Å². The molecule has 0 saturated carbocycles. The monoisotopic (exact) mass is 434 g/mol. The van der Waals surface area contributed by atoms with E-state index in [-0.39, 0.29) is 0 Å². The van der Waals surface area contributed by atoms with E-state index in [2.05, 4.69) is 91.0 Å². The van der Waals surface area contributed by atoms with Crippen molar-refractivity contribution in [1.82, 2.24) is 4.98 Å². The van der Waals surface area contributed by atoms with Crippen molar-refractivity contribution in [1.29, 1.82) is 0 Å². The lowest BCUT2D eigenvalue weighted by atomic mass is 9.88. The highest BCUT2D eigenvalue weighted by Gasteiger charge is 2.17. The standard InChI is InChI=1S/C30H30N2O/c1-4-22-9-10-25(19-21(22)3)30-23(5-2)7-6-8-26(30)24-11-12-28-27(20-24)29(13-14-31-28)32-15-17-33-18-16-32/h4,6-14,19-20H,1,5,15-18H2,2-3H3. The molecule has 3 aromatic carbocycles. The lowest BCUT2D eigenvalue weighted by molar-refractivity contribution is 0.123. The van der Waals surface area contributed by atoms with Crippen molar-refractivity contribution in [2.75, 3.05) is 31.2 Å². The molecule has 4 aromatic rings. The number of aryl methyl sites for hydroxylation is 2. The Morgan fingerprint density at radius 2 is 1.82 bits per heavy atom. The summed E-state index contributed by atoms with van der Waals surface area (Å²) in [5, 5.41) is 1.20. The van der Waals surface area contributed by atoms with Crippen LogP contribution in [0.2, 0.25) is 0 Å². The number of aromatic nitrogens is 1. The molecule has 0 unspecified atom stereocenters. The molecule has 0 spiro atoms. The van der Waals surface area contributed by atoms with Gasteiger partial charge in [-0.05, 0) is 70.5 Å². The summed E-state index contributed by atoms with van der Waals surface area (Å²) in [4.78, 5) is 7.06. The molecule has 1 saturated heterocycles. The van der Waals surface area contributed by atoms with Crippen LogP contribution in [0.15, 0.2) is 73.4 Å². The minimum Gasteiger partial charge on any atom is -0.378 e. The molecule has 1 fully saturated rings. The first-order valence-electron chi connectivity index (χ1n) is 11.8. The molecule has 0 N–H and O–H groups in total. The van der Waals surface area contributed by atoms with Crippen LogP contribution in [0, 0.1) is 6.92 Å². The average Bonchev–Trinajstić information content (AvgIpc) is 2.88. The first-order chi connectivity index (χ1) is 16.2. The normalized spacial score (nSPS) is 13.9. The van der Waals surface area contributed by atoms with E-state index >= 15 is 0 Å². The topological polar surface area (TPSA) is 25.4 Å². The zero-order valence-corrected chi connectivity index (χ0v) is 19.5. The predicted molar refractivity (Wildman–Crippen MR) is 140 cm³/mol. The van der Waals surface area contributed by atoms with Crippen LogP contribution in [0.3, 0.4) is 0 Å². The molecule has 1 aliphatic heterocycles. The second kappa shape index (κ2) is 9.21. The maximum absolute atomic E-state index is 5.58. The van der Waals surface area contributed by atoms with Gasteiger partial charge in [-0.3, -0.25) is 4.98 Å². The van der Waals surface area contributed by atoms with Crippen LogP contribution in [0.5, 0.6) is 0 Å². The van der Waals surface area contributed by atoms with Crippen LogP contribution in [-0.2, 0) is 11.2 Å². The third-order valence-corrected chi connectivity index (χ3v) is 6.69. The minimum absolute atomic E-state index is 0.770. The average molecular weight is 435 g/mol. The van der Waals surface area contributed by atoms with E-state index in [1.54, 1.807) is 0 Å². The SMILES string of the molecule is C=Cc1ccc(-c2c(CC)cccc2-c2ccc3nccc(N4CCOCC4)c3c2)cc1C. The van der Waals surface area contributed by atoms with Gasteiger partial charge in [0.25, 0.3) is 0 Å². The third kappa shape index (κ3) is 4.05. The lowest BCUT2D eigenvalue weighted by Gasteiger charge is -2.29. The highest BCUT2D eigenvalue weighted by atomic mass is 16.5. The van der Waals surface area contributed by atoms with Gasteiger partial charge in [0, 0.05) is 30.4 Å². The number of nitrogens with zero attached hydrogens (tertiary/aromatic N) is 2. The van der Waals surface area contributed by atoms with Crippen LogP contribution in [0.25, 0.3) is 39.2 Å². The van der Waals surface area contributed by atoms with Crippen molar-refractivity contribution in [2.24, 2.45) is 0 Å². The summed E-state index contributed by atoms with van der Waals surface area (Å²) in [7, 11) is 0. The van der Waals surface area contributed by atoms with Gasteiger partial charge in [0.1, 0.15) is 0 Å². The smallest absolute Gasteiger partial charge is 0.0723 e. The van der Waals surface area contributed by atoms with Gasteiger partial charge < -0.3 is 9.64 Å². The number of morpholine rings is 1. The number of benzene rings is 3. The summed E-state index contributed by atoms with van der Waals surface area (Å²) < 4.78 is 5.58. The van der Waals surface area contributed by atoms with E-state index in [4.69, 9.17) is 4.74 Å². The summed E-state index contributed by atoms with van der Waals surface area (Å²) in [5.41, 5.74) is 11.1. The molecule has 0 bridgehead atoms. The zero-order chi connectivity index (χ0) is 22.8. The number of fused-ring (bicyclic) bond motifs is 1. The molecule has 0 aliphatic carbocycles. The number of hydrogen-bond acceptors (Lipinski definition) is 3. The molecular formula is C30H30N2O. The van der Waals surface area contributed by atoms with Gasteiger partial charge in [0.05, 0.1) is 18.7 Å². The number of anilines is 1. The van der Waals surface area contributed by atoms with Crippen molar-refractivity contribution in [3.05, 3.63) is 90.1 Å². The van der Waals surface area contributed by atoms with Gasteiger partial charge >= 0.3 is 0 Å². The van der Waals surface area contributed by atoms with Crippen LogP contribution in [0.1, 0.15) is 23.6 Å². The Kier molecular flexibility index (Phi) is 5.97. The quantitative estimate of drug-likeness (QED) is 0.341. The van der Waals surface area contributed by atoms with Crippen molar-refractivity contribution in [3.8, 4) is 22.3 Å². The fourth-order valence-corrected chi connectivity index (χ4v) is 4.92. The van der Waals surface area contributed by atoms with Crippen molar-refractivity contribution in [3.63, 3.8) is 0 Å². The zero-order valence-electron chi connectivity index (χ0n) is 19.5. The summed E-state index contributed by atoms with van der Waals surface area (Å²) in [6.07, 6.45) is 4.83. The van der Waals surface area contributed by atoms with Gasteiger partial charge in [-0.1, -0.05) is 62.0 Å². The van der Waals surface area contributed by atoms with E-state index in [0.29, 0.717) is 0 Å². The fraction of sp³-hybridized carbons (Fsp3) is 0.233. The first kappa shape index (κ1) is 21.4. The molecule has 5 rings (SSSR count). The fourth-order valence-electron chi connectivity index (χ4n) is 4.92. The summed E-state index contributed by atoms with van der Waals surface area (Å²) in [6.45, 7) is 11.7. The molecule has 3 nitrogen and oxygen atoms in total. The third-order valence-electron chi connectivity index (χ3n) is 6.69. The second-order valence-electron chi connectivity index (χ2n) is 8.63. The molecule has 1 aromatic heterocycles. The molecule has 2 heterocycles. The highest BCUT2D eigenvalue weighted by molar-refractivity contribution is 5.97. The number of ether oxygens (including phenoxy) is 1. The Balaban J connectivity index is 1.69. The van der Waals surface area contributed by atoms with E-state index < -0.39 is 0 Å². The molecule has 1 aliphatic rings. The molecule has 0 amide bonds. The van der Waals surface area contributed by atoms with E-state index in [1.807, 2.05) is 12.3 Å². The summed E-state index contributed by atoms with van der Waals surface area (Å²) in [5.74, 6) is 0. The number of hydrogen-bond donors (Lipinski definition) is 0. The summed E-state index contributed by atoms with van der Waals surface area (Å²) in [6, 6.07) is 22.2. The van der Waals surface area contributed by atoms with Gasteiger partial charge in [-0.15, -0.1) is 0 Å². The largest absolute Gasteiger partial charge is 0.378 e. The maximum atomic E-state index is 5.58. The Labute approximate surface area is 196 Å². The van der Waals surface area contributed by atoms with Crippen molar-refractivity contribution < 1.29 is 4.74 Å². The van der Waals surface area contributed by atoms with E-state index in [0.717, 1.165) is 38.2 Å². The van der Waals surface area contributed by atoms with Crippen LogP contribution >= 0.6 is 0 Å². The van der Waals surface area contributed by atoms with Crippen LogP contribution in [0.4, 0.5) is 5.69 Å². The van der Waals surface area contributed by atoms with E-state index in [1.165, 1.54) is 50.0 Å². The molecule has 0 atom stereocenters. The van der Waals surface area contributed by atoms with Gasteiger partial charge in [-0.2, -0.15) is 0 Å². The number of rotatable bonds is 5. The maximum Gasteiger partial charge on any atom is 0.0723 e. The van der Waals surface area contributed by atoms with Gasteiger partial charge in [-0.25, -0.2) is 0 Å². The van der Waals surface area contributed by atoms with Gasteiger partial charge in [0.15, 0.2) is 0 Å². The first-order valence-corrected chi connectivity index (χ1v) is 11.8. The second-order valence-corrected chi connectivity index (χ2v) is 8.63. The van der Waals surface area contributed by atoms with E-state index in [9.17, 15) is 0 Å². The summed E-state index contributed by atoms with van der Waals surface area (Å²) >= 11 is 0. The molecule has 3 heteroatoms. The lowest BCUT2D eigenvalue weighted by Crippen LogP contribution is -2.36. The van der Waals surface area contributed by atoms with Gasteiger partial charge in [0.2, 0.25) is 0 Å². The molecule has 166 valence electrons. The Hall–Kier alpha value is -3.43. The molecular weight excluding hydrogens is 404 g/mol. The Morgan fingerprint density at radius 3 is 2.58 bits per heavy atom. The highest BCUT2D eigenvalue weighted by Crippen LogP contribution is 2.38. The minimum atomic E-state index is 0.770. The molecule has 33 heavy (non-hydrogen) atoms. The number of pyridine rings is 1. The predicted octanol–water partition coefficient (Wildman–Crippen LogP) is 6.92. The van der Waals surface area contributed by atoms with Crippen molar-refractivity contribution >= 4 is 22.7 Å². The van der Waals surface area contributed by atoms with Crippen molar-refractivity contribution in [2.45, 2.75) is 20.3 Å². The Bertz CT molecular complexity index is 1320. The Morgan fingerprint density at radius 1 is 1.00 bits per heavy atom. The molecule has 0 radical (unpaired) electrons. The van der Waals surface area contributed by atoms with Crippen LogP contribution in [-0.4, -0.2) is 31.3 Å².